The Labute approximate surface area is 131 Å². The SMILES string of the molecule is Cc1sc(Nc2ccccn2)nc1-c1cnn(S(C)(=O)=O)c1. The minimum Gasteiger partial charge on any atom is -0.316 e. The summed E-state index contributed by atoms with van der Waals surface area (Å²) < 4.78 is 23.9. The number of aromatic nitrogens is 4. The van der Waals surface area contributed by atoms with Crippen molar-refractivity contribution in [3.63, 3.8) is 0 Å². The average Bonchev–Trinajstić information content (AvgIpc) is 3.06. The van der Waals surface area contributed by atoms with Gasteiger partial charge < -0.3 is 5.32 Å². The first-order chi connectivity index (χ1) is 10.4. The molecule has 3 heterocycles. The number of hydrogen-bond donors (Lipinski definition) is 1. The maximum absolute atomic E-state index is 11.5. The van der Waals surface area contributed by atoms with Gasteiger partial charge in [-0.3, -0.25) is 0 Å². The van der Waals surface area contributed by atoms with Gasteiger partial charge in [0.25, 0.3) is 10.0 Å². The van der Waals surface area contributed by atoms with Crippen molar-refractivity contribution in [1.82, 2.24) is 19.2 Å². The van der Waals surface area contributed by atoms with Crippen LogP contribution >= 0.6 is 11.3 Å². The first kappa shape index (κ1) is 14.7. The highest BCUT2D eigenvalue weighted by Gasteiger charge is 2.14. The van der Waals surface area contributed by atoms with Gasteiger partial charge in [-0.2, -0.15) is 9.19 Å². The predicted octanol–water partition coefficient (Wildman–Crippen LogP) is 2.26. The Bertz CT molecular complexity index is 900. The number of hydrogen-bond acceptors (Lipinski definition) is 7. The monoisotopic (exact) mass is 335 g/mol. The smallest absolute Gasteiger partial charge is 0.250 e. The van der Waals surface area contributed by atoms with Crippen LogP contribution in [0.4, 0.5) is 10.9 Å². The lowest BCUT2D eigenvalue weighted by molar-refractivity contribution is 0.586. The molecule has 1 N–H and O–H groups in total. The van der Waals surface area contributed by atoms with Gasteiger partial charge in [-0.05, 0) is 19.1 Å². The number of pyridine rings is 1. The van der Waals surface area contributed by atoms with E-state index in [4.69, 9.17) is 0 Å². The minimum absolute atomic E-state index is 0.660. The number of nitrogens with zero attached hydrogens (tertiary/aromatic N) is 4. The second kappa shape index (κ2) is 5.50. The van der Waals surface area contributed by atoms with Crippen LogP contribution in [-0.2, 0) is 10.0 Å². The summed E-state index contributed by atoms with van der Waals surface area (Å²) in [4.78, 5) is 9.64. The third-order valence-electron chi connectivity index (χ3n) is 2.87. The second-order valence-corrected chi connectivity index (χ2v) is 7.67. The zero-order chi connectivity index (χ0) is 15.7. The van der Waals surface area contributed by atoms with Crippen molar-refractivity contribution in [2.45, 2.75) is 6.92 Å². The summed E-state index contributed by atoms with van der Waals surface area (Å²) in [6.45, 7) is 1.92. The Balaban J connectivity index is 1.91. The molecule has 0 spiro atoms. The summed E-state index contributed by atoms with van der Waals surface area (Å²) in [6, 6.07) is 5.56. The molecular weight excluding hydrogens is 322 g/mol. The van der Waals surface area contributed by atoms with Gasteiger partial charge in [0, 0.05) is 16.6 Å². The molecular formula is C13H13N5O2S2. The average molecular weight is 335 g/mol. The summed E-state index contributed by atoms with van der Waals surface area (Å²) in [5, 5.41) is 7.67. The molecule has 0 amide bonds. The Hall–Kier alpha value is -2.26. The molecule has 0 bridgehead atoms. The Morgan fingerprint density at radius 3 is 2.77 bits per heavy atom. The molecule has 9 heteroatoms. The van der Waals surface area contributed by atoms with E-state index in [0.717, 1.165) is 15.2 Å². The standard InChI is InChI=1S/C13H13N5O2S2/c1-9-12(10-7-15-18(8-10)22(2,19)20)17-13(21-9)16-11-5-3-4-6-14-11/h3-8H,1-2H3,(H,14,16,17). The van der Waals surface area contributed by atoms with Gasteiger partial charge in [0.1, 0.15) is 5.82 Å². The minimum atomic E-state index is -3.39. The van der Waals surface area contributed by atoms with Gasteiger partial charge in [0.05, 0.1) is 24.3 Å². The first-order valence-corrected chi connectivity index (χ1v) is 9.01. The fourth-order valence-electron chi connectivity index (χ4n) is 1.87. The van der Waals surface area contributed by atoms with Gasteiger partial charge in [-0.1, -0.05) is 6.07 Å². The quantitative estimate of drug-likeness (QED) is 0.786. The normalized spacial score (nSPS) is 11.5. The number of rotatable bonds is 4. The maximum atomic E-state index is 11.5. The summed E-state index contributed by atoms with van der Waals surface area (Å²) in [7, 11) is -3.39. The Morgan fingerprint density at radius 2 is 2.14 bits per heavy atom. The zero-order valence-electron chi connectivity index (χ0n) is 11.9. The van der Waals surface area contributed by atoms with Crippen LogP contribution in [0.1, 0.15) is 4.88 Å². The van der Waals surface area contributed by atoms with Gasteiger partial charge in [0.15, 0.2) is 5.13 Å². The molecule has 3 aromatic heterocycles. The molecule has 0 unspecified atom stereocenters. The van der Waals surface area contributed by atoms with Crippen molar-refractivity contribution >= 4 is 32.3 Å². The molecule has 0 aliphatic rings. The van der Waals surface area contributed by atoms with Crippen molar-refractivity contribution in [2.24, 2.45) is 0 Å². The van der Waals surface area contributed by atoms with Gasteiger partial charge >= 0.3 is 0 Å². The molecule has 0 aliphatic carbocycles. The van der Waals surface area contributed by atoms with E-state index in [2.05, 4.69) is 20.4 Å². The lowest BCUT2D eigenvalue weighted by Gasteiger charge is -1.99. The van der Waals surface area contributed by atoms with Crippen molar-refractivity contribution < 1.29 is 8.42 Å². The summed E-state index contributed by atoms with van der Waals surface area (Å²) >= 11 is 1.47. The van der Waals surface area contributed by atoms with E-state index in [0.29, 0.717) is 22.2 Å². The molecule has 0 aromatic carbocycles. The van der Waals surface area contributed by atoms with Crippen molar-refractivity contribution in [1.29, 1.82) is 0 Å². The molecule has 0 fully saturated rings. The number of thiazole rings is 1. The van der Waals surface area contributed by atoms with Crippen LogP contribution in [0, 0.1) is 6.92 Å². The van der Waals surface area contributed by atoms with Gasteiger partial charge in [-0.15, -0.1) is 11.3 Å². The highest BCUT2D eigenvalue weighted by atomic mass is 32.2. The van der Waals surface area contributed by atoms with E-state index in [9.17, 15) is 8.42 Å². The van der Waals surface area contributed by atoms with Crippen molar-refractivity contribution in [3.05, 3.63) is 41.7 Å². The van der Waals surface area contributed by atoms with Crippen LogP contribution in [0.25, 0.3) is 11.3 Å². The van der Waals surface area contributed by atoms with E-state index in [1.165, 1.54) is 23.7 Å². The third-order valence-corrected chi connectivity index (χ3v) is 4.64. The molecule has 0 saturated heterocycles. The van der Waals surface area contributed by atoms with E-state index >= 15 is 0 Å². The molecule has 0 saturated carbocycles. The van der Waals surface area contributed by atoms with E-state index in [1.807, 2.05) is 25.1 Å². The van der Waals surface area contributed by atoms with Gasteiger partial charge in [0.2, 0.25) is 0 Å². The lowest BCUT2D eigenvalue weighted by Crippen LogP contribution is -2.09. The summed E-state index contributed by atoms with van der Waals surface area (Å²) in [6.07, 6.45) is 5.75. The van der Waals surface area contributed by atoms with Crippen LogP contribution in [0.3, 0.4) is 0 Å². The largest absolute Gasteiger partial charge is 0.316 e. The molecule has 0 aliphatic heterocycles. The Morgan fingerprint density at radius 1 is 1.32 bits per heavy atom. The number of anilines is 2. The molecule has 0 radical (unpaired) electrons. The van der Waals surface area contributed by atoms with E-state index in [-0.39, 0.29) is 0 Å². The first-order valence-electron chi connectivity index (χ1n) is 6.34. The molecule has 114 valence electrons. The number of nitrogens with one attached hydrogen (secondary N) is 1. The molecule has 0 atom stereocenters. The molecule has 7 nitrogen and oxygen atoms in total. The lowest BCUT2D eigenvalue weighted by atomic mass is 10.2. The fourth-order valence-corrected chi connectivity index (χ4v) is 3.24. The summed E-state index contributed by atoms with van der Waals surface area (Å²) in [5.74, 6) is 0.703. The van der Waals surface area contributed by atoms with Crippen molar-refractivity contribution in [2.75, 3.05) is 11.6 Å². The van der Waals surface area contributed by atoms with Crippen LogP contribution in [0.2, 0.25) is 0 Å². The topological polar surface area (TPSA) is 89.8 Å². The highest BCUT2D eigenvalue weighted by molar-refractivity contribution is 7.89. The number of aryl methyl sites for hydroxylation is 1. The molecule has 3 aromatic rings. The third kappa shape index (κ3) is 3.00. The van der Waals surface area contributed by atoms with Crippen molar-refractivity contribution in [3.8, 4) is 11.3 Å². The van der Waals surface area contributed by atoms with Crippen LogP contribution < -0.4 is 5.32 Å². The highest BCUT2D eigenvalue weighted by Crippen LogP contribution is 2.31. The van der Waals surface area contributed by atoms with Crippen LogP contribution in [-0.4, -0.2) is 33.8 Å². The molecule has 3 rings (SSSR count). The maximum Gasteiger partial charge on any atom is 0.250 e. The second-order valence-electron chi connectivity index (χ2n) is 4.63. The van der Waals surface area contributed by atoms with Gasteiger partial charge in [-0.25, -0.2) is 18.4 Å². The van der Waals surface area contributed by atoms with E-state index < -0.39 is 10.0 Å². The Kier molecular flexibility index (Phi) is 3.67. The zero-order valence-corrected chi connectivity index (χ0v) is 13.5. The fraction of sp³-hybridized carbons (Fsp3) is 0.154. The summed E-state index contributed by atoms with van der Waals surface area (Å²) in [5.41, 5.74) is 1.37. The molecule has 22 heavy (non-hydrogen) atoms. The van der Waals surface area contributed by atoms with Crippen LogP contribution in [0.15, 0.2) is 36.8 Å². The predicted molar refractivity (Wildman–Crippen MR) is 85.8 cm³/mol. The van der Waals surface area contributed by atoms with Crippen LogP contribution in [0.5, 0.6) is 0 Å². The van der Waals surface area contributed by atoms with E-state index in [1.54, 1.807) is 6.20 Å².